The van der Waals surface area contributed by atoms with Crippen molar-refractivity contribution in [3.8, 4) is 0 Å². The summed E-state index contributed by atoms with van der Waals surface area (Å²) in [5.41, 5.74) is 3.26. The number of benzene rings is 1. The molecule has 39 heavy (non-hydrogen) atoms. The molecule has 2 aliphatic carbocycles. The number of fused-ring (bicyclic) bond motifs is 1. The molecule has 1 aromatic rings. The number of amides is 3. The van der Waals surface area contributed by atoms with E-state index in [0.29, 0.717) is 12.8 Å². The molecule has 1 saturated carbocycles. The summed E-state index contributed by atoms with van der Waals surface area (Å²) in [4.78, 5) is 41.9. The largest absolute Gasteiger partial charge is 0.437 e. The van der Waals surface area contributed by atoms with Crippen molar-refractivity contribution in [1.82, 2.24) is 15.5 Å². The van der Waals surface area contributed by atoms with Crippen LogP contribution in [-0.2, 0) is 35.5 Å². The maximum atomic E-state index is 14.0. The molecular formula is C28H40FN3O6S. The molecule has 0 aromatic heterocycles. The van der Waals surface area contributed by atoms with Crippen molar-refractivity contribution in [2.75, 3.05) is 6.54 Å². The van der Waals surface area contributed by atoms with Crippen molar-refractivity contribution in [2.45, 2.75) is 103 Å². The number of aryl methyl sites for hydroxylation is 1. The van der Waals surface area contributed by atoms with E-state index in [1.54, 1.807) is 6.92 Å². The first-order chi connectivity index (χ1) is 18.5. The first-order valence-corrected chi connectivity index (χ1v) is 15.4. The molecule has 2 unspecified atom stereocenters. The predicted molar refractivity (Wildman–Crippen MR) is 143 cm³/mol. The highest BCUT2D eigenvalue weighted by molar-refractivity contribution is 7.81. The number of hydrogen-bond donors (Lipinski definition) is 2. The average molecular weight is 566 g/mol. The van der Waals surface area contributed by atoms with Gasteiger partial charge < -0.3 is 15.5 Å². The molecule has 1 saturated heterocycles. The van der Waals surface area contributed by atoms with Crippen LogP contribution >= 0.6 is 0 Å². The molecule has 1 aliphatic heterocycles. The molecular weight excluding hydrogens is 525 g/mol. The number of nitrogens with one attached hydrogen (secondary N) is 2. The molecule has 4 rings (SSSR count). The van der Waals surface area contributed by atoms with Crippen LogP contribution in [0.2, 0.25) is 0 Å². The van der Waals surface area contributed by atoms with E-state index in [2.05, 4.69) is 10.6 Å². The van der Waals surface area contributed by atoms with Gasteiger partial charge >= 0.3 is 10.5 Å². The molecule has 1 heterocycles. The van der Waals surface area contributed by atoms with Gasteiger partial charge in [0.05, 0.1) is 6.04 Å². The van der Waals surface area contributed by atoms with Gasteiger partial charge in [-0.2, -0.15) is 8.42 Å². The molecule has 1 aromatic carbocycles. The molecule has 2 fully saturated rings. The third-order valence-corrected chi connectivity index (χ3v) is 9.18. The molecule has 216 valence electrons. The lowest BCUT2D eigenvalue weighted by atomic mass is 9.83. The molecule has 0 spiro atoms. The molecule has 11 heteroatoms. The van der Waals surface area contributed by atoms with Crippen LogP contribution in [0.25, 0.3) is 0 Å². The average Bonchev–Trinajstić information content (AvgIpc) is 3.50. The minimum absolute atomic E-state index is 0.0138. The van der Waals surface area contributed by atoms with E-state index < -0.39 is 40.5 Å². The standard InChI is InChI=1S/C28H40FN3O6S/c1-4-17(2)26(33)31-24(19-10-6-5-7-11-19)28(35)32-16-15-23(38-39(29,36)37)25(32)27(34)30-22-14-13-20-18(3)9-8-12-21(20)22/h8-9,12,17,19,22-25H,4-7,10-11,13-16H2,1-3H3,(H,30,34)(H,31,33)/t17-,22?,23?,24+,25+/m1/s1. The third kappa shape index (κ3) is 6.80. The second kappa shape index (κ2) is 12.3. The fourth-order valence-electron chi connectivity index (χ4n) is 6.32. The van der Waals surface area contributed by atoms with Crippen LogP contribution in [0.4, 0.5) is 3.89 Å². The van der Waals surface area contributed by atoms with Gasteiger partial charge in [-0.1, -0.05) is 55.2 Å². The Hall–Kier alpha value is -2.53. The number of nitrogens with zero attached hydrogens (tertiary/aromatic N) is 1. The van der Waals surface area contributed by atoms with E-state index in [1.807, 2.05) is 32.0 Å². The van der Waals surface area contributed by atoms with Crippen LogP contribution in [0.5, 0.6) is 0 Å². The summed E-state index contributed by atoms with van der Waals surface area (Å²) in [6, 6.07) is 3.37. The molecule has 5 atom stereocenters. The van der Waals surface area contributed by atoms with Crippen LogP contribution in [0.3, 0.4) is 0 Å². The van der Waals surface area contributed by atoms with Gasteiger partial charge in [0.1, 0.15) is 18.2 Å². The zero-order valence-electron chi connectivity index (χ0n) is 23.0. The first kappa shape index (κ1) is 29.5. The van der Waals surface area contributed by atoms with E-state index in [0.717, 1.165) is 55.2 Å². The van der Waals surface area contributed by atoms with Crippen molar-refractivity contribution in [3.63, 3.8) is 0 Å². The van der Waals surface area contributed by atoms with E-state index >= 15 is 0 Å². The lowest BCUT2D eigenvalue weighted by molar-refractivity contribution is -0.145. The summed E-state index contributed by atoms with van der Waals surface area (Å²) >= 11 is 0. The van der Waals surface area contributed by atoms with E-state index in [-0.39, 0.29) is 36.8 Å². The number of hydrogen-bond acceptors (Lipinski definition) is 6. The Morgan fingerprint density at radius 2 is 1.85 bits per heavy atom. The fraction of sp³-hybridized carbons (Fsp3) is 0.679. The summed E-state index contributed by atoms with van der Waals surface area (Å²) in [6.45, 7) is 5.71. The Morgan fingerprint density at radius 1 is 1.13 bits per heavy atom. The lowest BCUT2D eigenvalue weighted by Gasteiger charge is -2.35. The van der Waals surface area contributed by atoms with Gasteiger partial charge in [-0.05, 0) is 68.1 Å². The number of carbonyl (C=O) groups excluding carboxylic acids is 3. The highest BCUT2D eigenvalue weighted by Crippen LogP contribution is 2.35. The van der Waals surface area contributed by atoms with Crippen molar-refractivity contribution >= 4 is 28.2 Å². The molecule has 3 aliphatic rings. The summed E-state index contributed by atoms with van der Waals surface area (Å²) in [5.74, 6) is -1.68. The number of rotatable bonds is 9. The maximum absolute atomic E-state index is 14.0. The summed E-state index contributed by atoms with van der Waals surface area (Å²) in [6.07, 6.45) is 5.12. The normalized spacial score (nSPS) is 25.1. The van der Waals surface area contributed by atoms with Crippen LogP contribution in [-0.4, -0.2) is 55.8 Å². The minimum atomic E-state index is -5.37. The second-order valence-corrected chi connectivity index (χ2v) is 12.2. The van der Waals surface area contributed by atoms with Crippen molar-refractivity contribution in [1.29, 1.82) is 0 Å². The highest BCUT2D eigenvalue weighted by Gasteiger charge is 2.48. The Bertz CT molecular complexity index is 1190. The predicted octanol–water partition coefficient (Wildman–Crippen LogP) is 3.41. The summed E-state index contributed by atoms with van der Waals surface area (Å²) < 4.78 is 41.2. The lowest BCUT2D eigenvalue weighted by Crippen LogP contribution is -2.58. The Labute approximate surface area is 230 Å². The van der Waals surface area contributed by atoms with Crippen LogP contribution in [0.15, 0.2) is 18.2 Å². The van der Waals surface area contributed by atoms with Crippen molar-refractivity contribution in [2.24, 2.45) is 11.8 Å². The first-order valence-electron chi connectivity index (χ1n) is 14.1. The molecule has 3 amide bonds. The Morgan fingerprint density at radius 3 is 2.51 bits per heavy atom. The van der Waals surface area contributed by atoms with Crippen molar-refractivity contribution < 1.29 is 30.9 Å². The summed E-state index contributed by atoms with van der Waals surface area (Å²) in [7, 11) is -5.37. The Balaban J connectivity index is 1.60. The highest BCUT2D eigenvalue weighted by atomic mass is 32.3. The SMILES string of the molecule is CC[C@@H](C)C(=O)N[C@H](C(=O)N1CCC(OS(=O)(=O)F)[C@H]1C(=O)NC1CCc2c(C)cccc21)C1CCCCC1. The molecule has 9 nitrogen and oxygen atoms in total. The maximum Gasteiger partial charge on any atom is 0.437 e. The van der Waals surface area contributed by atoms with Gasteiger partial charge in [0, 0.05) is 12.5 Å². The van der Waals surface area contributed by atoms with Crippen LogP contribution in [0, 0.1) is 18.8 Å². The zero-order valence-corrected chi connectivity index (χ0v) is 23.8. The molecule has 0 radical (unpaired) electrons. The third-order valence-electron chi connectivity index (χ3n) is 8.70. The van der Waals surface area contributed by atoms with Crippen molar-refractivity contribution in [3.05, 3.63) is 34.9 Å². The number of likely N-dealkylation sites (tertiary alicyclic amines) is 1. The van der Waals surface area contributed by atoms with Gasteiger partial charge in [0.15, 0.2) is 0 Å². The van der Waals surface area contributed by atoms with E-state index in [1.165, 1.54) is 4.90 Å². The van der Waals surface area contributed by atoms with E-state index in [9.17, 15) is 26.7 Å². The number of carbonyl (C=O) groups is 3. The zero-order chi connectivity index (χ0) is 28.3. The Kier molecular flexibility index (Phi) is 9.31. The topological polar surface area (TPSA) is 122 Å². The minimum Gasteiger partial charge on any atom is -0.347 e. The molecule has 0 bridgehead atoms. The quantitative estimate of drug-likeness (QED) is 0.443. The second-order valence-electron chi connectivity index (χ2n) is 11.2. The number of halogens is 1. The summed E-state index contributed by atoms with van der Waals surface area (Å²) in [5, 5.41) is 5.91. The van der Waals surface area contributed by atoms with Gasteiger partial charge in [-0.15, -0.1) is 0 Å². The van der Waals surface area contributed by atoms with Gasteiger partial charge in [-0.3, -0.25) is 14.4 Å². The fourth-order valence-corrected chi connectivity index (χ4v) is 6.82. The van der Waals surface area contributed by atoms with E-state index in [4.69, 9.17) is 4.18 Å². The molecule has 2 N–H and O–H groups in total. The van der Waals surface area contributed by atoms with Gasteiger partial charge in [0.2, 0.25) is 17.7 Å². The monoisotopic (exact) mass is 565 g/mol. The van der Waals surface area contributed by atoms with Crippen LogP contribution in [0.1, 0.15) is 87.9 Å². The van der Waals surface area contributed by atoms with Gasteiger partial charge in [-0.25, -0.2) is 4.18 Å². The van der Waals surface area contributed by atoms with Gasteiger partial charge in [0.25, 0.3) is 0 Å². The van der Waals surface area contributed by atoms with Crippen LogP contribution < -0.4 is 10.6 Å². The smallest absolute Gasteiger partial charge is 0.347 e.